The Morgan fingerprint density at radius 2 is 2.06 bits per heavy atom. The Bertz CT molecular complexity index is 430. The Kier molecular flexibility index (Phi) is 2.59. The molecule has 2 heterocycles. The third-order valence-corrected chi connectivity index (χ3v) is 2.68. The number of aryl methyl sites for hydroxylation is 1. The first kappa shape index (κ1) is 10.6. The molecule has 1 saturated heterocycles. The van der Waals surface area contributed by atoms with Crippen molar-refractivity contribution >= 4 is 17.4 Å². The van der Waals surface area contributed by atoms with Gasteiger partial charge >= 0.3 is 5.82 Å². The van der Waals surface area contributed by atoms with Crippen molar-refractivity contribution in [1.29, 1.82) is 0 Å². The molecule has 0 aromatic carbocycles. The number of carbonyl (C=O) groups excluding carboxylic acids is 1. The van der Waals surface area contributed by atoms with Crippen LogP contribution in [-0.4, -0.2) is 33.3 Å². The Labute approximate surface area is 91.8 Å². The van der Waals surface area contributed by atoms with Crippen LogP contribution in [0.1, 0.15) is 12.8 Å². The molecule has 7 heteroatoms. The average Bonchev–Trinajstić information content (AvgIpc) is 2.62. The maximum Gasteiger partial charge on any atom is 0.406 e. The molecule has 1 aliphatic rings. The summed E-state index contributed by atoms with van der Waals surface area (Å²) in [5, 5.41) is 10.8. The van der Waals surface area contributed by atoms with Gasteiger partial charge in [0.1, 0.15) is 5.78 Å². The number of anilines is 1. The molecule has 0 saturated carbocycles. The van der Waals surface area contributed by atoms with Crippen LogP contribution in [0.3, 0.4) is 0 Å². The van der Waals surface area contributed by atoms with E-state index in [1.165, 1.54) is 6.33 Å². The van der Waals surface area contributed by atoms with Crippen molar-refractivity contribution in [2.24, 2.45) is 7.05 Å². The molecule has 0 aliphatic carbocycles. The fourth-order valence-electron chi connectivity index (χ4n) is 1.87. The summed E-state index contributed by atoms with van der Waals surface area (Å²) in [7, 11) is 1.71. The molecule has 0 bridgehead atoms. The lowest BCUT2D eigenvalue weighted by Gasteiger charge is -2.26. The molecule has 0 atom stereocenters. The highest BCUT2D eigenvalue weighted by molar-refractivity contribution is 5.81. The smallest absolute Gasteiger partial charge is 0.358 e. The summed E-state index contributed by atoms with van der Waals surface area (Å²) in [6.45, 7) is 1.05. The minimum atomic E-state index is -0.494. The standard InChI is InChI=1S/C9H12N4O3/c1-11-6-10-8(13(15)16)9(11)12-4-2-7(14)3-5-12/h6H,2-5H2,1H3. The predicted molar refractivity (Wildman–Crippen MR) is 56.3 cm³/mol. The van der Waals surface area contributed by atoms with E-state index in [0.29, 0.717) is 31.7 Å². The van der Waals surface area contributed by atoms with Gasteiger partial charge in [0.05, 0.1) is 0 Å². The number of aromatic nitrogens is 2. The minimum absolute atomic E-state index is 0.142. The van der Waals surface area contributed by atoms with Crippen LogP contribution >= 0.6 is 0 Å². The van der Waals surface area contributed by atoms with E-state index >= 15 is 0 Å². The summed E-state index contributed by atoms with van der Waals surface area (Å²) < 4.78 is 1.62. The number of hydrogen-bond acceptors (Lipinski definition) is 5. The Balaban J connectivity index is 2.29. The van der Waals surface area contributed by atoms with E-state index in [2.05, 4.69) is 4.98 Å². The lowest BCUT2D eigenvalue weighted by molar-refractivity contribution is -0.388. The van der Waals surface area contributed by atoms with Gasteiger partial charge < -0.3 is 15.0 Å². The predicted octanol–water partition coefficient (Wildman–Crippen LogP) is 0.498. The second-order valence-electron chi connectivity index (χ2n) is 3.79. The maximum atomic E-state index is 11.1. The molecular formula is C9H12N4O3. The summed E-state index contributed by atoms with van der Waals surface area (Å²) in [4.78, 5) is 27.0. The van der Waals surface area contributed by atoms with Crippen molar-refractivity contribution in [3.05, 3.63) is 16.4 Å². The largest absolute Gasteiger partial charge is 0.406 e. The lowest BCUT2D eigenvalue weighted by atomic mass is 10.1. The first-order valence-corrected chi connectivity index (χ1v) is 5.02. The molecule has 1 aromatic rings. The van der Waals surface area contributed by atoms with E-state index < -0.39 is 4.92 Å². The zero-order chi connectivity index (χ0) is 11.7. The van der Waals surface area contributed by atoms with E-state index in [9.17, 15) is 14.9 Å². The number of ketones is 1. The van der Waals surface area contributed by atoms with Gasteiger partial charge in [-0.2, -0.15) is 0 Å². The quantitative estimate of drug-likeness (QED) is 0.539. The molecule has 2 rings (SSSR count). The first-order valence-electron chi connectivity index (χ1n) is 5.02. The van der Waals surface area contributed by atoms with Crippen LogP contribution in [0.2, 0.25) is 0 Å². The average molecular weight is 224 g/mol. The molecule has 0 amide bonds. The van der Waals surface area contributed by atoms with E-state index in [-0.39, 0.29) is 11.6 Å². The summed E-state index contributed by atoms with van der Waals surface area (Å²) in [6.07, 6.45) is 2.31. The van der Waals surface area contributed by atoms with Crippen molar-refractivity contribution in [3.63, 3.8) is 0 Å². The van der Waals surface area contributed by atoms with Gasteiger partial charge in [0.25, 0.3) is 0 Å². The number of piperidine rings is 1. The number of Topliss-reactive ketones (excluding diaryl/α,β-unsaturated/α-hetero) is 1. The van der Waals surface area contributed by atoms with Crippen LogP contribution in [-0.2, 0) is 11.8 Å². The normalized spacial score (nSPS) is 16.6. The van der Waals surface area contributed by atoms with Gasteiger partial charge in [-0.25, -0.2) is 0 Å². The van der Waals surface area contributed by atoms with Crippen LogP contribution in [0.15, 0.2) is 6.33 Å². The van der Waals surface area contributed by atoms with E-state index in [0.717, 1.165) is 0 Å². The van der Waals surface area contributed by atoms with Crippen molar-refractivity contribution in [1.82, 2.24) is 9.55 Å². The Morgan fingerprint density at radius 1 is 1.44 bits per heavy atom. The maximum absolute atomic E-state index is 11.1. The summed E-state index contributed by atoms with van der Waals surface area (Å²) in [6, 6.07) is 0. The summed E-state index contributed by atoms with van der Waals surface area (Å²) >= 11 is 0. The number of imidazole rings is 1. The van der Waals surface area contributed by atoms with Crippen LogP contribution in [0.25, 0.3) is 0 Å². The highest BCUT2D eigenvalue weighted by Crippen LogP contribution is 2.27. The molecule has 0 spiro atoms. The van der Waals surface area contributed by atoms with Gasteiger partial charge in [-0.15, -0.1) is 0 Å². The third kappa shape index (κ3) is 1.75. The molecule has 0 radical (unpaired) electrons. The zero-order valence-electron chi connectivity index (χ0n) is 8.92. The molecule has 86 valence electrons. The van der Waals surface area contributed by atoms with E-state index in [1.807, 2.05) is 4.90 Å². The highest BCUT2D eigenvalue weighted by atomic mass is 16.6. The molecular weight excluding hydrogens is 212 g/mol. The Morgan fingerprint density at radius 3 is 2.62 bits per heavy atom. The second kappa shape index (κ2) is 3.92. The fraction of sp³-hybridized carbons (Fsp3) is 0.556. The van der Waals surface area contributed by atoms with Gasteiger partial charge in [0.15, 0.2) is 0 Å². The van der Waals surface area contributed by atoms with Crippen LogP contribution in [0.5, 0.6) is 0 Å². The molecule has 0 unspecified atom stereocenters. The van der Waals surface area contributed by atoms with Gasteiger partial charge in [0.2, 0.25) is 12.1 Å². The number of rotatable bonds is 2. The first-order chi connectivity index (χ1) is 7.59. The lowest BCUT2D eigenvalue weighted by Crippen LogP contribution is -2.35. The van der Waals surface area contributed by atoms with Crippen LogP contribution in [0, 0.1) is 10.1 Å². The zero-order valence-corrected chi connectivity index (χ0v) is 8.92. The van der Waals surface area contributed by atoms with Gasteiger partial charge in [-0.3, -0.25) is 9.36 Å². The van der Waals surface area contributed by atoms with Gasteiger partial charge in [-0.1, -0.05) is 0 Å². The van der Waals surface area contributed by atoms with Crippen LogP contribution in [0.4, 0.5) is 11.6 Å². The molecule has 1 aliphatic heterocycles. The SMILES string of the molecule is Cn1cnc([N+](=O)[O-])c1N1CCC(=O)CC1. The molecule has 16 heavy (non-hydrogen) atoms. The molecule has 1 fully saturated rings. The monoisotopic (exact) mass is 224 g/mol. The van der Waals surface area contributed by atoms with Crippen LogP contribution < -0.4 is 4.90 Å². The number of nitrogens with zero attached hydrogens (tertiary/aromatic N) is 4. The molecule has 0 N–H and O–H groups in total. The van der Waals surface area contributed by atoms with Crippen molar-refractivity contribution in [2.75, 3.05) is 18.0 Å². The van der Waals surface area contributed by atoms with E-state index in [4.69, 9.17) is 0 Å². The summed E-state index contributed by atoms with van der Waals surface area (Å²) in [5.74, 6) is 0.551. The Hall–Kier alpha value is -1.92. The van der Waals surface area contributed by atoms with Gasteiger partial charge in [-0.05, 0) is 9.91 Å². The van der Waals surface area contributed by atoms with Crippen molar-refractivity contribution in [3.8, 4) is 0 Å². The number of carbonyl (C=O) groups is 1. The van der Waals surface area contributed by atoms with Crippen molar-refractivity contribution < 1.29 is 9.72 Å². The third-order valence-electron chi connectivity index (χ3n) is 2.68. The summed E-state index contributed by atoms with van der Waals surface area (Å²) in [5.41, 5.74) is 0. The molecule has 7 nitrogen and oxygen atoms in total. The molecule has 1 aromatic heterocycles. The topological polar surface area (TPSA) is 81.3 Å². The number of hydrogen-bond donors (Lipinski definition) is 0. The minimum Gasteiger partial charge on any atom is -0.358 e. The highest BCUT2D eigenvalue weighted by Gasteiger charge is 2.28. The number of nitro groups is 1. The van der Waals surface area contributed by atoms with Crippen molar-refractivity contribution in [2.45, 2.75) is 12.8 Å². The van der Waals surface area contributed by atoms with Gasteiger partial charge in [0, 0.05) is 33.0 Å². The second-order valence-corrected chi connectivity index (χ2v) is 3.79. The van der Waals surface area contributed by atoms with E-state index in [1.54, 1.807) is 11.6 Å². The fourth-order valence-corrected chi connectivity index (χ4v) is 1.87.